The molecule has 1 aliphatic rings. The summed E-state index contributed by atoms with van der Waals surface area (Å²) in [5.74, 6) is -0.218. The van der Waals surface area contributed by atoms with E-state index in [9.17, 15) is 4.79 Å². The molecule has 3 rings (SSSR count). The van der Waals surface area contributed by atoms with Crippen molar-refractivity contribution in [3.05, 3.63) is 71.3 Å². The van der Waals surface area contributed by atoms with Crippen LogP contribution in [-0.2, 0) is 16.8 Å². The SMILES string of the molecule is CN(C)CCC1(c2ccccc2)Cc2ccccc2C(=O)O1.Cl. The van der Waals surface area contributed by atoms with Crippen molar-refractivity contribution < 1.29 is 9.53 Å². The number of hydrogen-bond acceptors (Lipinski definition) is 3. The van der Waals surface area contributed by atoms with Crippen molar-refractivity contribution in [3.8, 4) is 0 Å². The molecule has 23 heavy (non-hydrogen) atoms. The van der Waals surface area contributed by atoms with E-state index in [2.05, 4.69) is 17.0 Å². The molecule has 1 unspecified atom stereocenters. The fourth-order valence-electron chi connectivity index (χ4n) is 3.04. The summed E-state index contributed by atoms with van der Waals surface area (Å²) >= 11 is 0. The zero-order chi connectivity index (χ0) is 15.6. The fraction of sp³-hybridized carbons (Fsp3) is 0.316. The molecule has 0 fully saturated rings. The smallest absolute Gasteiger partial charge is 0.339 e. The van der Waals surface area contributed by atoms with Crippen LogP contribution in [0, 0.1) is 0 Å². The molecule has 0 aliphatic carbocycles. The number of hydrogen-bond donors (Lipinski definition) is 0. The molecule has 2 aromatic carbocycles. The lowest BCUT2D eigenvalue weighted by Crippen LogP contribution is -2.41. The Morgan fingerprint density at radius 1 is 1.04 bits per heavy atom. The summed E-state index contributed by atoms with van der Waals surface area (Å²) in [5.41, 5.74) is 2.26. The monoisotopic (exact) mass is 331 g/mol. The molecule has 1 atom stereocenters. The molecule has 122 valence electrons. The number of esters is 1. The number of ether oxygens (including phenoxy) is 1. The topological polar surface area (TPSA) is 29.5 Å². The number of fused-ring (bicyclic) bond motifs is 1. The summed E-state index contributed by atoms with van der Waals surface area (Å²) in [7, 11) is 4.08. The average molecular weight is 332 g/mol. The third-order valence-electron chi connectivity index (χ3n) is 4.26. The van der Waals surface area contributed by atoms with E-state index in [1.165, 1.54) is 0 Å². The van der Waals surface area contributed by atoms with Gasteiger partial charge in [-0.1, -0.05) is 48.5 Å². The second-order valence-corrected chi connectivity index (χ2v) is 6.14. The van der Waals surface area contributed by atoms with Gasteiger partial charge in [-0.2, -0.15) is 0 Å². The van der Waals surface area contributed by atoms with Crippen LogP contribution in [0.15, 0.2) is 54.6 Å². The second kappa shape index (κ2) is 7.16. The van der Waals surface area contributed by atoms with Crippen molar-refractivity contribution in [3.63, 3.8) is 0 Å². The molecule has 0 spiro atoms. The van der Waals surface area contributed by atoms with Gasteiger partial charge >= 0.3 is 5.97 Å². The van der Waals surface area contributed by atoms with Gasteiger partial charge in [0.2, 0.25) is 0 Å². The van der Waals surface area contributed by atoms with Crippen molar-refractivity contribution >= 4 is 18.4 Å². The summed E-state index contributed by atoms with van der Waals surface area (Å²) in [6.07, 6.45) is 1.51. The Morgan fingerprint density at radius 3 is 2.39 bits per heavy atom. The molecule has 0 aromatic heterocycles. The lowest BCUT2D eigenvalue weighted by Gasteiger charge is -2.38. The Bertz CT molecular complexity index is 672. The summed E-state index contributed by atoms with van der Waals surface area (Å²) < 4.78 is 5.97. The van der Waals surface area contributed by atoms with Crippen LogP contribution in [0.3, 0.4) is 0 Å². The van der Waals surface area contributed by atoms with Gasteiger partial charge in [0.05, 0.1) is 5.56 Å². The Balaban J connectivity index is 0.00000192. The van der Waals surface area contributed by atoms with Crippen molar-refractivity contribution in [2.45, 2.75) is 18.4 Å². The van der Waals surface area contributed by atoms with Crippen molar-refractivity contribution in [1.29, 1.82) is 0 Å². The third-order valence-corrected chi connectivity index (χ3v) is 4.26. The van der Waals surface area contributed by atoms with Gasteiger partial charge in [0.1, 0.15) is 5.60 Å². The van der Waals surface area contributed by atoms with E-state index in [0.717, 1.165) is 30.5 Å². The minimum atomic E-state index is -0.572. The van der Waals surface area contributed by atoms with E-state index in [4.69, 9.17) is 4.74 Å². The van der Waals surface area contributed by atoms with E-state index in [-0.39, 0.29) is 18.4 Å². The van der Waals surface area contributed by atoms with Gasteiger partial charge in [-0.3, -0.25) is 0 Å². The summed E-state index contributed by atoms with van der Waals surface area (Å²) in [6, 6.07) is 17.8. The van der Waals surface area contributed by atoms with Gasteiger partial charge in [-0.15, -0.1) is 12.4 Å². The highest BCUT2D eigenvalue weighted by molar-refractivity contribution is 5.92. The first-order chi connectivity index (χ1) is 10.6. The van der Waals surface area contributed by atoms with E-state index in [1.54, 1.807) is 0 Å². The first-order valence-corrected chi connectivity index (χ1v) is 7.62. The molecule has 1 heterocycles. The molecule has 4 heteroatoms. The summed E-state index contributed by atoms with van der Waals surface area (Å²) in [4.78, 5) is 14.6. The van der Waals surface area contributed by atoms with Crippen LogP contribution in [0.2, 0.25) is 0 Å². The van der Waals surface area contributed by atoms with Crippen molar-refractivity contribution in [1.82, 2.24) is 4.90 Å². The number of nitrogens with zero attached hydrogens (tertiary/aromatic N) is 1. The highest BCUT2D eigenvalue weighted by Crippen LogP contribution is 2.39. The normalized spacial score (nSPS) is 19.7. The Hall–Kier alpha value is -1.84. The van der Waals surface area contributed by atoms with Crippen LogP contribution >= 0.6 is 12.4 Å². The Morgan fingerprint density at radius 2 is 1.70 bits per heavy atom. The van der Waals surface area contributed by atoms with Crippen molar-refractivity contribution in [2.24, 2.45) is 0 Å². The van der Waals surface area contributed by atoms with Gasteiger partial charge in [-0.05, 0) is 31.3 Å². The minimum Gasteiger partial charge on any atom is -0.450 e. The quantitative estimate of drug-likeness (QED) is 0.801. The number of carbonyl (C=O) groups is 1. The molecule has 0 N–H and O–H groups in total. The zero-order valence-electron chi connectivity index (χ0n) is 13.5. The van der Waals surface area contributed by atoms with E-state index >= 15 is 0 Å². The standard InChI is InChI=1S/C19H21NO2.ClH/c1-20(2)13-12-19(16-9-4-3-5-10-16)14-15-8-6-7-11-17(15)18(21)22-19;/h3-11H,12-14H2,1-2H3;1H. The average Bonchev–Trinajstić information content (AvgIpc) is 2.54. The predicted octanol–water partition coefficient (Wildman–Crippen LogP) is 3.67. The molecule has 0 radical (unpaired) electrons. The van der Waals surface area contributed by atoms with Gasteiger partial charge in [-0.25, -0.2) is 4.79 Å². The molecule has 0 saturated heterocycles. The molecular weight excluding hydrogens is 310 g/mol. The Kier molecular flexibility index (Phi) is 5.45. The van der Waals surface area contributed by atoms with Crippen LogP contribution < -0.4 is 0 Å². The van der Waals surface area contributed by atoms with Crippen LogP contribution in [0.5, 0.6) is 0 Å². The van der Waals surface area contributed by atoms with Gasteiger partial charge in [0.15, 0.2) is 0 Å². The summed E-state index contributed by atoms with van der Waals surface area (Å²) in [6.45, 7) is 0.865. The molecular formula is C19H22ClNO2. The van der Waals surface area contributed by atoms with E-state index in [0.29, 0.717) is 5.56 Å². The number of cyclic esters (lactones) is 1. The van der Waals surface area contributed by atoms with E-state index in [1.807, 2.05) is 56.6 Å². The molecule has 0 bridgehead atoms. The first kappa shape index (κ1) is 17.5. The lowest BCUT2D eigenvalue weighted by atomic mass is 9.81. The third kappa shape index (κ3) is 3.57. The number of carbonyl (C=O) groups excluding carboxylic acids is 1. The molecule has 2 aromatic rings. The maximum Gasteiger partial charge on any atom is 0.339 e. The van der Waals surface area contributed by atoms with Gasteiger partial charge < -0.3 is 9.64 Å². The minimum absolute atomic E-state index is 0. The zero-order valence-corrected chi connectivity index (χ0v) is 14.3. The maximum atomic E-state index is 12.5. The number of halogens is 1. The highest BCUT2D eigenvalue weighted by Gasteiger charge is 2.41. The van der Waals surface area contributed by atoms with E-state index < -0.39 is 5.60 Å². The lowest BCUT2D eigenvalue weighted by molar-refractivity contribution is -0.0355. The van der Waals surface area contributed by atoms with Gasteiger partial charge in [0, 0.05) is 19.4 Å². The molecule has 0 saturated carbocycles. The second-order valence-electron chi connectivity index (χ2n) is 6.14. The first-order valence-electron chi connectivity index (χ1n) is 7.62. The van der Waals surface area contributed by atoms with Crippen molar-refractivity contribution in [2.75, 3.05) is 20.6 Å². The largest absolute Gasteiger partial charge is 0.450 e. The molecule has 3 nitrogen and oxygen atoms in total. The fourth-order valence-corrected chi connectivity index (χ4v) is 3.04. The van der Waals surface area contributed by atoms with Crippen LogP contribution in [0.25, 0.3) is 0 Å². The molecule has 1 aliphatic heterocycles. The highest BCUT2D eigenvalue weighted by atomic mass is 35.5. The van der Waals surface area contributed by atoms with Crippen LogP contribution in [0.4, 0.5) is 0 Å². The number of benzene rings is 2. The number of rotatable bonds is 4. The van der Waals surface area contributed by atoms with Crippen LogP contribution in [0.1, 0.15) is 27.9 Å². The van der Waals surface area contributed by atoms with Crippen LogP contribution in [-0.4, -0.2) is 31.5 Å². The maximum absolute atomic E-state index is 12.5. The summed E-state index contributed by atoms with van der Waals surface area (Å²) in [5, 5.41) is 0. The molecule has 0 amide bonds. The van der Waals surface area contributed by atoms with Gasteiger partial charge in [0.25, 0.3) is 0 Å². The predicted molar refractivity (Wildman–Crippen MR) is 94.1 cm³/mol. The Labute approximate surface area is 143 Å².